The molecular weight excluding hydrogens is 629 g/mol. The summed E-state index contributed by atoms with van der Waals surface area (Å²) in [6.45, 7) is 13.2. The molecular formula is C45H38BNO2S. The van der Waals surface area contributed by atoms with Crippen LogP contribution in [0.5, 0.6) is 0 Å². The van der Waals surface area contributed by atoms with E-state index in [-0.39, 0.29) is 5.41 Å². The maximum absolute atomic E-state index is 6.65. The second kappa shape index (κ2) is 10.2. The molecule has 0 radical (unpaired) electrons. The van der Waals surface area contributed by atoms with E-state index in [0.29, 0.717) is 0 Å². The lowest BCUT2D eigenvalue weighted by Gasteiger charge is -2.32. The number of para-hydroxylation sites is 1. The number of hydrogen-bond donors (Lipinski definition) is 0. The summed E-state index contributed by atoms with van der Waals surface area (Å²) in [5.41, 5.74) is 11.4. The van der Waals surface area contributed by atoms with Crippen LogP contribution in [0, 0.1) is 0 Å². The van der Waals surface area contributed by atoms with Crippen molar-refractivity contribution >= 4 is 65.9 Å². The molecule has 244 valence electrons. The van der Waals surface area contributed by atoms with E-state index in [1.54, 1.807) is 0 Å². The van der Waals surface area contributed by atoms with Gasteiger partial charge in [0.25, 0.3) is 0 Å². The van der Waals surface area contributed by atoms with Gasteiger partial charge in [-0.3, -0.25) is 0 Å². The molecule has 0 amide bonds. The second-order valence-electron chi connectivity index (χ2n) is 15.6. The third-order valence-electron chi connectivity index (χ3n) is 11.9. The maximum Gasteiger partial charge on any atom is 0.494 e. The quantitative estimate of drug-likeness (QED) is 0.175. The molecule has 0 saturated carbocycles. The predicted molar refractivity (Wildman–Crippen MR) is 212 cm³/mol. The summed E-state index contributed by atoms with van der Waals surface area (Å²) in [6.07, 6.45) is 0. The fourth-order valence-electron chi connectivity index (χ4n) is 8.47. The summed E-state index contributed by atoms with van der Waals surface area (Å²) in [7, 11) is -0.473. The number of rotatable bonds is 3. The Morgan fingerprint density at radius 2 is 1.20 bits per heavy atom. The summed E-state index contributed by atoms with van der Waals surface area (Å²) < 4.78 is 18.4. The Morgan fingerprint density at radius 3 is 2.02 bits per heavy atom. The minimum atomic E-state index is -0.473. The van der Waals surface area contributed by atoms with Crippen LogP contribution < -0.4 is 5.46 Å². The molecule has 0 bridgehead atoms. The van der Waals surface area contributed by atoms with Gasteiger partial charge in [-0.05, 0) is 85.7 Å². The molecule has 2 aromatic heterocycles. The molecule has 1 aliphatic heterocycles. The van der Waals surface area contributed by atoms with E-state index in [9.17, 15) is 0 Å². The summed E-state index contributed by atoms with van der Waals surface area (Å²) in [4.78, 5) is 0. The first-order chi connectivity index (χ1) is 24.0. The molecule has 8 aromatic rings. The normalized spacial score (nSPS) is 17.3. The second-order valence-corrected chi connectivity index (χ2v) is 16.6. The molecule has 0 spiro atoms. The van der Waals surface area contributed by atoms with Crippen LogP contribution in [0.1, 0.15) is 52.7 Å². The minimum absolute atomic E-state index is 0.114. The van der Waals surface area contributed by atoms with Crippen molar-refractivity contribution in [1.82, 2.24) is 4.57 Å². The van der Waals surface area contributed by atoms with Crippen molar-refractivity contribution in [2.75, 3.05) is 0 Å². The zero-order valence-electron chi connectivity index (χ0n) is 29.3. The van der Waals surface area contributed by atoms with Gasteiger partial charge in [0.15, 0.2) is 0 Å². The molecule has 6 aromatic carbocycles. The monoisotopic (exact) mass is 667 g/mol. The topological polar surface area (TPSA) is 23.4 Å². The lowest BCUT2D eigenvalue weighted by molar-refractivity contribution is 0.00578. The predicted octanol–water partition coefficient (Wildman–Crippen LogP) is 11.4. The van der Waals surface area contributed by atoms with E-state index in [2.05, 4.69) is 167 Å². The maximum atomic E-state index is 6.65. The standard InChI is InChI=1S/C45H38BNO2S/c1-43(2)36-19-10-7-14-28(36)34-25-35-29-15-8-11-20-38(29)47(40(35)26-37(34)43)39-24-27(46-48-44(3,4)45(5,6)49-46)22-23-30(39)32-17-13-18-33-31-16-9-12-21-41(31)50-42(32)33/h7-26H,1-6H3. The van der Waals surface area contributed by atoms with Crippen molar-refractivity contribution in [3.63, 3.8) is 0 Å². The van der Waals surface area contributed by atoms with Gasteiger partial charge >= 0.3 is 7.12 Å². The molecule has 0 unspecified atom stereocenters. The fourth-order valence-corrected chi connectivity index (χ4v) is 9.70. The average molecular weight is 668 g/mol. The smallest absolute Gasteiger partial charge is 0.399 e. The van der Waals surface area contributed by atoms with Crippen LogP contribution in [0.2, 0.25) is 0 Å². The van der Waals surface area contributed by atoms with Crippen LogP contribution in [-0.2, 0) is 14.7 Å². The molecule has 1 aliphatic carbocycles. The Hall–Kier alpha value is -4.68. The highest BCUT2D eigenvalue weighted by Crippen LogP contribution is 2.51. The number of aromatic nitrogens is 1. The Kier molecular flexibility index (Phi) is 6.15. The molecule has 3 nitrogen and oxygen atoms in total. The Bertz CT molecular complexity index is 2700. The van der Waals surface area contributed by atoms with E-state index in [1.807, 2.05) is 11.3 Å². The summed E-state index contributed by atoms with van der Waals surface area (Å²) in [5.74, 6) is 0. The number of fused-ring (bicyclic) bond motifs is 9. The molecule has 1 fully saturated rings. The lowest BCUT2D eigenvalue weighted by atomic mass is 9.78. The number of nitrogens with zero attached hydrogens (tertiary/aromatic N) is 1. The van der Waals surface area contributed by atoms with Crippen LogP contribution in [0.3, 0.4) is 0 Å². The van der Waals surface area contributed by atoms with Gasteiger partial charge in [-0.1, -0.05) is 105 Å². The van der Waals surface area contributed by atoms with Crippen molar-refractivity contribution < 1.29 is 9.31 Å². The Labute approximate surface area is 297 Å². The van der Waals surface area contributed by atoms with E-state index in [0.717, 1.165) is 11.2 Å². The van der Waals surface area contributed by atoms with E-state index < -0.39 is 18.3 Å². The van der Waals surface area contributed by atoms with Crippen molar-refractivity contribution in [2.24, 2.45) is 0 Å². The van der Waals surface area contributed by atoms with Gasteiger partial charge in [0, 0.05) is 47.5 Å². The molecule has 50 heavy (non-hydrogen) atoms. The number of hydrogen-bond acceptors (Lipinski definition) is 3. The minimum Gasteiger partial charge on any atom is -0.399 e. The molecule has 3 heterocycles. The SMILES string of the molecule is CC1(C)c2ccccc2-c2cc3c4ccccc4n(-c4cc(B5OC(C)(C)C(C)(C)O5)ccc4-c4cccc5c4sc4ccccc45)c3cc21. The molecule has 10 rings (SSSR count). The lowest BCUT2D eigenvalue weighted by Crippen LogP contribution is -2.41. The van der Waals surface area contributed by atoms with Gasteiger partial charge in [0.1, 0.15) is 0 Å². The third-order valence-corrected chi connectivity index (χ3v) is 13.1. The molecule has 0 N–H and O–H groups in total. The summed E-state index contributed by atoms with van der Waals surface area (Å²) in [5, 5.41) is 5.11. The molecule has 5 heteroatoms. The first-order valence-electron chi connectivity index (χ1n) is 17.6. The van der Waals surface area contributed by atoms with Gasteiger partial charge in [0.2, 0.25) is 0 Å². The summed E-state index contributed by atoms with van der Waals surface area (Å²) >= 11 is 1.88. The third kappa shape index (κ3) is 4.06. The molecule has 2 aliphatic rings. The molecule has 1 saturated heterocycles. The Morgan fingerprint density at radius 1 is 0.520 bits per heavy atom. The molecule has 0 atom stereocenters. The van der Waals surface area contributed by atoms with E-state index in [4.69, 9.17) is 9.31 Å². The van der Waals surface area contributed by atoms with Gasteiger partial charge in [0.05, 0.1) is 27.9 Å². The van der Waals surface area contributed by atoms with Crippen molar-refractivity contribution in [3.8, 4) is 27.9 Å². The highest BCUT2D eigenvalue weighted by Gasteiger charge is 2.52. The Balaban J connectivity index is 1.30. The van der Waals surface area contributed by atoms with Crippen molar-refractivity contribution in [2.45, 2.75) is 58.2 Å². The van der Waals surface area contributed by atoms with Crippen molar-refractivity contribution in [3.05, 3.63) is 132 Å². The first-order valence-corrected chi connectivity index (χ1v) is 18.4. The zero-order chi connectivity index (χ0) is 34.2. The highest BCUT2D eigenvalue weighted by atomic mass is 32.1. The fraction of sp³-hybridized carbons (Fsp3) is 0.200. The first kappa shape index (κ1) is 30.2. The number of benzene rings is 6. The van der Waals surface area contributed by atoms with Crippen LogP contribution in [-0.4, -0.2) is 22.9 Å². The highest BCUT2D eigenvalue weighted by molar-refractivity contribution is 7.26. The largest absolute Gasteiger partial charge is 0.494 e. The zero-order valence-corrected chi connectivity index (χ0v) is 30.1. The van der Waals surface area contributed by atoms with Gasteiger partial charge < -0.3 is 13.9 Å². The van der Waals surface area contributed by atoms with Gasteiger partial charge in [-0.25, -0.2) is 0 Å². The van der Waals surface area contributed by atoms with Gasteiger partial charge in [-0.15, -0.1) is 11.3 Å². The van der Waals surface area contributed by atoms with E-state index >= 15 is 0 Å². The number of thiophene rings is 1. The van der Waals surface area contributed by atoms with E-state index in [1.165, 1.54) is 75.4 Å². The van der Waals surface area contributed by atoms with Crippen LogP contribution in [0.15, 0.2) is 121 Å². The van der Waals surface area contributed by atoms with Crippen LogP contribution >= 0.6 is 11.3 Å². The van der Waals surface area contributed by atoms with Crippen molar-refractivity contribution in [1.29, 1.82) is 0 Å². The van der Waals surface area contributed by atoms with Gasteiger partial charge in [-0.2, -0.15) is 0 Å². The average Bonchev–Trinajstić information content (AvgIpc) is 3.78. The van der Waals surface area contributed by atoms with Crippen LogP contribution in [0.25, 0.3) is 69.9 Å². The van der Waals surface area contributed by atoms with Crippen LogP contribution in [0.4, 0.5) is 0 Å². The summed E-state index contributed by atoms with van der Waals surface area (Å²) in [6, 6.07) is 45.0.